The Bertz CT molecular complexity index is 435. The third kappa shape index (κ3) is 3.14. The quantitative estimate of drug-likeness (QED) is 0.653. The Kier molecular flexibility index (Phi) is 4.06. The number of hydrogen-bond acceptors (Lipinski definition) is 5. The average Bonchev–Trinajstić information content (AvgIpc) is 2.37. The summed E-state index contributed by atoms with van der Waals surface area (Å²) >= 11 is 0. The molecule has 1 unspecified atom stereocenters. The van der Waals surface area contributed by atoms with Gasteiger partial charge in [0, 0.05) is 18.7 Å². The van der Waals surface area contributed by atoms with Crippen molar-refractivity contribution in [2.45, 2.75) is 6.10 Å². The molecule has 1 aromatic carbocycles. The minimum absolute atomic E-state index is 0.147. The van der Waals surface area contributed by atoms with Gasteiger partial charge in [-0.3, -0.25) is 10.1 Å². The van der Waals surface area contributed by atoms with Crippen LogP contribution in [0.3, 0.4) is 0 Å². The molecule has 0 aromatic heterocycles. The zero-order valence-corrected chi connectivity index (χ0v) is 9.60. The summed E-state index contributed by atoms with van der Waals surface area (Å²) in [6.45, 7) is 1.81. The van der Waals surface area contributed by atoms with Gasteiger partial charge in [0.2, 0.25) is 0 Å². The van der Waals surface area contributed by atoms with Gasteiger partial charge >= 0.3 is 0 Å². The van der Waals surface area contributed by atoms with Gasteiger partial charge in [0.05, 0.1) is 30.8 Å². The standard InChI is InChI=1S/C11H13FN2O4/c12-8-1-2-11(14(15)16)10(5-8)13-6-9-7-17-3-4-18-9/h1-2,5,9,13H,3-4,6-7H2. The van der Waals surface area contributed by atoms with Crippen molar-refractivity contribution in [3.05, 3.63) is 34.1 Å². The Labute approximate surface area is 103 Å². The largest absolute Gasteiger partial charge is 0.377 e. The summed E-state index contributed by atoms with van der Waals surface area (Å²) in [5.74, 6) is -0.524. The fourth-order valence-corrected chi connectivity index (χ4v) is 1.69. The molecular formula is C11H13FN2O4. The molecule has 6 nitrogen and oxygen atoms in total. The highest BCUT2D eigenvalue weighted by Gasteiger charge is 2.18. The van der Waals surface area contributed by atoms with E-state index >= 15 is 0 Å². The van der Waals surface area contributed by atoms with Crippen LogP contribution in [0.15, 0.2) is 18.2 Å². The number of benzene rings is 1. The third-order valence-corrected chi connectivity index (χ3v) is 2.56. The number of nitro benzene ring substituents is 1. The number of hydrogen-bond donors (Lipinski definition) is 1. The lowest BCUT2D eigenvalue weighted by molar-refractivity contribution is -0.384. The monoisotopic (exact) mass is 256 g/mol. The minimum atomic E-state index is -0.556. The van der Waals surface area contributed by atoms with Crippen LogP contribution in [-0.2, 0) is 9.47 Å². The molecule has 1 fully saturated rings. The van der Waals surface area contributed by atoms with E-state index < -0.39 is 10.7 Å². The molecule has 0 amide bonds. The lowest BCUT2D eigenvalue weighted by atomic mass is 10.2. The van der Waals surface area contributed by atoms with Crippen LogP contribution in [-0.4, -0.2) is 37.4 Å². The summed E-state index contributed by atoms with van der Waals surface area (Å²) in [7, 11) is 0. The van der Waals surface area contributed by atoms with Crippen LogP contribution < -0.4 is 5.32 Å². The molecule has 1 N–H and O–H groups in total. The number of nitrogens with zero attached hydrogens (tertiary/aromatic N) is 1. The van der Waals surface area contributed by atoms with Crippen LogP contribution in [0, 0.1) is 15.9 Å². The van der Waals surface area contributed by atoms with Gasteiger partial charge < -0.3 is 14.8 Å². The van der Waals surface area contributed by atoms with Gasteiger partial charge in [0.1, 0.15) is 11.5 Å². The number of halogens is 1. The fourth-order valence-electron chi connectivity index (χ4n) is 1.69. The zero-order valence-electron chi connectivity index (χ0n) is 9.60. The highest BCUT2D eigenvalue weighted by atomic mass is 19.1. The fraction of sp³-hybridized carbons (Fsp3) is 0.455. The molecule has 18 heavy (non-hydrogen) atoms. The first-order valence-electron chi connectivity index (χ1n) is 5.54. The maximum Gasteiger partial charge on any atom is 0.292 e. The Morgan fingerprint density at radius 2 is 2.33 bits per heavy atom. The summed E-state index contributed by atoms with van der Waals surface area (Å²) in [5.41, 5.74) is -0.0118. The number of rotatable bonds is 4. The summed E-state index contributed by atoms with van der Waals surface area (Å²) in [5, 5.41) is 13.6. The molecule has 1 aliphatic rings. The van der Waals surface area contributed by atoms with Gasteiger partial charge in [0.25, 0.3) is 5.69 Å². The van der Waals surface area contributed by atoms with Crippen molar-refractivity contribution >= 4 is 11.4 Å². The minimum Gasteiger partial charge on any atom is -0.377 e. The van der Waals surface area contributed by atoms with Crippen molar-refractivity contribution in [2.75, 3.05) is 31.7 Å². The van der Waals surface area contributed by atoms with Crippen molar-refractivity contribution in [2.24, 2.45) is 0 Å². The molecule has 1 aliphatic heterocycles. The summed E-state index contributed by atoms with van der Waals surface area (Å²) in [4.78, 5) is 10.2. The Balaban J connectivity index is 2.03. The molecule has 7 heteroatoms. The maximum atomic E-state index is 13.1. The lowest BCUT2D eigenvalue weighted by Crippen LogP contribution is -2.34. The van der Waals surface area contributed by atoms with Crippen LogP contribution in [0.5, 0.6) is 0 Å². The van der Waals surface area contributed by atoms with E-state index in [0.29, 0.717) is 26.4 Å². The topological polar surface area (TPSA) is 73.6 Å². The highest BCUT2D eigenvalue weighted by molar-refractivity contribution is 5.61. The summed E-state index contributed by atoms with van der Waals surface area (Å²) in [6, 6.07) is 3.29. The van der Waals surface area contributed by atoms with E-state index in [-0.39, 0.29) is 17.5 Å². The number of anilines is 1. The van der Waals surface area contributed by atoms with Gasteiger partial charge in [-0.25, -0.2) is 4.39 Å². The number of nitrogens with one attached hydrogen (secondary N) is 1. The molecule has 2 rings (SSSR count). The van der Waals surface area contributed by atoms with Crippen LogP contribution in [0.4, 0.5) is 15.8 Å². The SMILES string of the molecule is O=[N+]([O-])c1ccc(F)cc1NCC1COCCO1. The predicted molar refractivity (Wildman–Crippen MR) is 62.1 cm³/mol. The zero-order chi connectivity index (χ0) is 13.0. The van der Waals surface area contributed by atoms with E-state index in [4.69, 9.17) is 9.47 Å². The molecule has 1 saturated heterocycles. The third-order valence-electron chi connectivity index (χ3n) is 2.56. The first-order valence-corrected chi connectivity index (χ1v) is 5.54. The molecule has 0 spiro atoms. The van der Waals surface area contributed by atoms with Gasteiger partial charge in [-0.15, -0.1) is 0 Å². The van der Waals surface area contributed by atoms with Gasteiger partial charge in [-0.1, -0.05) is 0 Å². The van der Waals surface area contributed by atoms with Gasteiger partial charge in [-0.2, -0.15) is 0 Å². The normalized spacial score (nSPS) is 19.5. The van der Waals surface area contributed by atoms with E-state index in [0.717, 1.165) is 18.2 Å². The van der Waals surface area contributed by atoms with Crippen LogP contribution in [0.25, 0.3) is 0 Å². The highest BCUT2D eigenvalue weighted by Crippen LogP contribution is 2.24. The molecule has 1 aromatic rings. The van der Waals surface area contributed by atoms with E-state index in [9.17, 15) is 14.5 Å². The van der Waals surface area contributed by atoms with Crippen molar-refractivity contribution < 1.29 is 18.8 Å². The Hall–Kier alpha value is -1.73. The van der Waals surface area contributed by atoms with Gasteiger partial charge in [0.15, 0.2) is 0 Å². The second-order valence-electron chi connectivity index (χ2n) is 3.87. The first-order chi connectivity index (χ1) is 8.66. The van der Waals surface area contributed by atoms with Crippen LogP contribution in [0.1, 0.15) is 0 Å². The smallest absolute Gasteiger partial charge is 0.292 e. The molecule has 0 radical (unpaired) electrons. The van der Waals surface area contributed by atoms with E-state index in [1.54, 1.807) is 0 Å². The molecule has 0 aliphatic carbocycles. The first kappa shape index (κ1) is 12.7. The van der Waals surface area contributed by atoms with E-state index in [1.165, 1.54) is 0 Å². The Morgan fingerprint density at radius 3 is 3.00 bits per heavy atom. The average molecular weight is 256 g/mol. The van der Waals surface area contributed by atoms with Crippen molar-refractivity contribution in [1.82, 2.24) is 0 Å². The number of nitro groups is 1. The summed E-state index contributed by atoms with van der Waals surface area (Å²) in [6.07, 6.45) is -0.179. The molecule has 1 heterocycles. The van der Waals surface area contributed by atoms with E-state index in [1.807, 2.05) is 0 Å². The second-order valence-corrected chi connectivity index (χ2v) is 3.87. The molecule has 1 atom stereocenters. The summed E-state index contributed by atoms with van der Waals surface area (Å²) < 4.78 is 23.6. The number of ether oxygens (including phenoxy) is 2. The van der Waals surface area contributed by atoms with Crippen molar-refractivity contribution in [3.63, 3.8) is 0 Å². The maximum absolute atomic E-state index is 13.1. The Morgan fingerprint density at radius 1 is 1.50 bits per heavy atom. The van der Waals surface area contributed by atoms with Crippen molar-refractivity contribution in [1.29, 1.82) is 0 Å². The van der Waals surface area contributed by atoms with E-state index in [2.05, 4.69) is 5.32 Å². The van der Waals surface area contributed by atoms with Crippen molar-refractivity contribution in [3.8, 4) is 0 Å². The van der Waals surface area contributed by atoms with Crippen LogP contribution in [0.2, 0.25) is 0 Å². The molecule has 0 bridgehead atoms. The van der Waals surface area contributed by atoms with Crippen LogP contribution >= 0.6 is 0 Å². The molecular weight excluding hydrogens is 243 g/mol. The van der Waals surface area contributed by atoms with Gasteiger partial charge in [-0.05, 0) is 6.07 Å². The molecule has 98 valence electrons. The predicted octanol–water partition coefficient (Wildman–Crippen LogP) is 1.56. The second kappa shape index (κ2) is 5.74. The molecule has 0 saturated carbocycles. The lowest BCUT2D eigenvalue weighted by Gasteiger charge is -2.23.